The lowest BCUT2D eigenvalue weighted by Crippen LogP contribution is -2.43. The molecule has 1 atom stereocenters. The summed E-state index contributed by atoms with van der Waals surface area (Å²) in [6.45, 7) is 3.47. The molecule has 3 aromatic carbocycles. The normalized spacial score (nSPS) is 11.3. The first kappa shape index (κ1) is 29.8. The van der Waals surface area contributed by atoms with Gasteiger partial charge in [-0.05, 0) is 42.3 Å². The Labute approximate surface area is 237 Å². The van der Waals surface area contributed by atoms with E-state index in [-0.39, 0.29) is 47.8 Å². The number of methoxy groups -OCH3 is 1. The molecule has 206 valence electrons. The molecule has 0 fully saturated rings. The van der Waals surface area contributed by atoms with Gasteiger partial charge in [0, 0.05) is 13.3 Å². The summed E-state index contributed by atoms with van der Waals surface area (Å²) in [7, 11) is 1.56. The Morgan fingerprint density at radius 2 is 1.51 bits per heavy atom. The average Bonchev–Trinajstić information content (AvgIpc) is 2.91. The van der Waals surface area contributed by atoms with Crippen molar-refractivity contribution in [3.8, 4) is 22.6 Å². The summed E-state index contributed by atoms with van der Waals surface area (Å²) >= 11 is 12.3. The van der Waals surface area contributed by atoms with Crippen molar-refractivity contribution in [2.24, 2.45) is 0 Å². The van der Waals surface area contributed by atoms with Crippen LogP contribution in [0.25, 0.3) is 11.1 Å². The number of ether oxygens (including phenoxy) is 4. The van der Waals surface area contributed by atoms with Gasteiger partial charge in [0.25, 0.3) is 5.91 Å². The summed E-state index contributed by atoms with van der Waals surface area (Å²) in [6.07, 6.45) is 0.171. The molecule has 0 aromatic heterocycles. The van der Waals surface area contributed by atoms with Gasteiger partial charge < -0.3 is 24.3 Å². The molecule has 3 aromatic rings. The first-order valence-electron chi connectivity index (χ1n) is 12.2. The van der Waals surface area contributed by atoms with Gasteiger partial charge in [-0.2, -0.15) is 0 Å². The minimum Gasteiger partial charge on any atom is -0.496 e. The van der Waals surface area contributed by atoms with Crippen LogP contribution >= 0.6 is 23.2 Å². The molecule has 0 bridgehead atoms. The Morgan fingerprint density at radius 3 is 2.13 bits per heavy atom. The zero-order valence-corrected chi connectivity index (χ0v) is 23.3. The van der Waals surface area contributed by atoms with Gasteiger partial charge in [-0.25, -0.2) is 4.79 Å². The van der Waals surface area contributed by atoms with Gasteiger partial charge >= 0.3 is 11.9 Å². The van der Waals surface area contributed by atoms with Crippen molar-refractivity contribution < 1.29 is 33.3 Å². The number of esters is 2. The van der Waals surface area contributed by atoms with Crippen LogP contribution in [0.4, 0.5) is 0 Å². The summed E-state index contributed by atoms with van der Waals surface area (Å²) in [5, 5.41) is 3.05. The zero-order chi connectivity index (χ0) is 28.4. The largest absolute Gasteiger partial charge is 0.496 e. The summed E-state index contributed by atoms with van der Waals surface area (Å²) in [5.41, 5.74) is 2.38. The molecule has 10 heteroatoms. The van der Waals surface area contributed by atoms with Gasteiger partial charge in [0.2, 0.25) is 0 Å². The van der Waals surface area contributed by atoms with Crippen LogP contribution in [0.3, 0.4) is 0 Å². The van der Waals surface area contributed by atoms with Crippen molar-refractivity contribution in [2.45, 2.75) is 26.3 Å². The van der Waals surface area contributed by atoms with Crippen LogP contribution in [0.15, 0.2) is 60.7 Å². The second kappa shape index (κ2) is 14.4. The highest BCUT2D eigenvalue weighted by atomic mass is 35.5. The number of hydrogen-bond donors (Lipinski definition) is 1. The van der Waals surface area contributed by atoms with Crippen LogP contribution in [-0.2, 0) is 25.5 Å². The van der Waals surface area contributed by atoms with Crippen molar-refractivity contribution in [1.82, 2.24) is 5.32 Å². The molecule has 0 aliphatic heterocycles. The fourth-order valence-electron chi connectivity index (χ4n) is 3.85. The Bertz CT molecular complexity index is 1290. The summed E-state index contributed by atoms with van der Waals surface area (Å²) < 4.78 is 21.5. The van der Waals surface area contributed by atoms with Crippen molar-refractivity contribution in [3.05, 3.63) is 81.8 Å². The molecule has 0 saturated heterocycles. The Kier molecular flexibility index (Phi) is 11.0. The highest BCUT2D eigenvalue weighted by Crippen LogP contribution is 2.38. The molecule has 0 aliphatic rings. The van der Waals surface area contributed by atoms with Crippen LogP contribution in [0.5, 0.6) is 11.5 Å². The summed E-state index contributed by atoms with van der Waals surface area (Å²) in [4.78, 5) is 36.7. The maximum atomic E-state index is 12.9. The minimum absolute atomic E-state index is 0.0860. The van der Waals surface area contributed by atoms with Gasteiger partial charge in [0.05, 0.1) is 34.9 Å². The van der Waals surface area contributed by atoms with E-state index >= 15 is 0 Å². The number of amides is 1. The first-order valence-corrected chi connectivity index (χ1v) is 12.9. The highest BCUT2D eigenvalue weighted by Gasteiger charge is 2.25. The van der Waals surface area contributed by atoms with Crippen molar-refractivity contribution in [2.75, 3.05) is 26.9 Å². The number of rotatable bonds is 12. The van der Waals surface area contributed by atoms with E-state index in [2.05, 4.69) is 5.32 Å². The predicted octanol–water partition coefficient (Wildman–Crippen LogP) is 5.52. The van der Waals surface area contributed by atoms with Gasteiger partial charge in [-0.1, -0.05) is 59.6 Å². The maximum absolute atomic E-state index is 12.9. The SMILES string of the molecule is CCOC(=O)[C@H](Cc1ccc(-c2c(OC)cccc2OCCOC(C)=O)cc1)NC(=O)c1c(Cl)cccc1Cl. The molecule has 1 N–H and O–H groups in total. The van der Waals surface area contributed by atoms with E-state index < -0.39 is 17.9 Å². The van der Waals surface area contributed by atoms with Crippen LogP contribution < -0.4 is 14.8 Å². The molecule has 0 saturated carbocycles. The number of benzene rings is 3. The zero-order valence-electron chi connectivity index (χ0n) is 21.8. The number of nitrogens with one attached hydrogen (secondary N) is 1. The highest BCUT2D eigenvalue weighted by molar-refractivity contribution is 6.39. The smallest absolute Gasteiger partial charge is 0.328 e. The lowest BCUT2D eigenvalue weighted by atomic mass is 9.99. The van der Waals surface area contributed by atoms with Gasteiger partial charge in [0.1, 0.15) is 30.8 Å². The first-order chi connectivity index (χ1) is 18.7. The monoisotopic (exact) mass is 573 g/mol. The Balaban J connectivity index is 1.82. The number of halogens is 2. The molecule has 0 heterocycles. The van der Waals surface area contributed by atoms with E-state index in [4.69, 9.17) is 42.1 Å². The van der Waals surface area contributed by atoms with Crippen LogP contribution in [0.1, 0.15) is 29.8 Å². The second-order valence-corrected chi connectivity index (χ2v) is 9.11. The molecule has 0 radical (unpaired) electrons. The molecule has 0 unspecified atom stereocenters. The predicted molar refractivity (Wildman–Crippen MR) is 149 cm³/mol. The van der Waals surface area contributed by atoms with Crippen LogP contribution in [0.2, 0.25) is 10.0 Å². The molecule has 1 amide bonds. The number of carbonyl (C=O) groups excluding carboxylic acids is 3. The van der Waals surface area contributed by atoms with Gasteiger partial charge in [-0.3, -0.25) is 9.59 Å². The van der Waals surface area contributed by atoms with E-state index in [0.717, 1.165) is 16.7 Å². The fourth-order valence-corrected chi connectivity index (χ4v) is 4.42. The third kappa shape index (κ3) is 8.12. The van der Waals surface area contributed by atoms with E-state index in [0.29, 0.717) is 11.5 Å². The third-order valence-corrected chi connectivity index (χ3v) is 6.23. The molecular formula is C29H29Cl2NO7. The molecule has 0 aliphatic carbocycles. The van der Waals surface area contributed by atoms with Gasteiger partial charge in [-0.15, -0.1) is 0 Å². The summed E-state index contributed by atoms with van der Waals surface area (Å²) in [6, 6.07) is 16.6. The molecule has 3 rings (SSSR count). The molecule has 39 heavy (non-hydrogen) atoms. The minimum atomic E-state index is -0.970. The average molecular weight is 574 g/mol. The topological polar surface area (TPSA) is 100 Å². The van der Waals surface area contributed by atoms with E-state index in [1.165, 1.54) is 6.92 Å². The van der Waals surface area contributed by atoms with Crippen molar-refractivity contribution in [3.63, 3.8) is 0 Å². The second-order valence-electron chi connectivity index (χ2n) is 8.30. The quantitative estimate of drug-likeness (QED) is 0.225. The Morgan fingerprint density at radius 1 is 0.872 bits per heavy atom. The van der Waals surface area contributed by atoms with Crippen molar-refractivity contribution in [1.29, 1.82) is 0 Å². The fraction of sp³-hybridized carbons (Fsp3) is 0.276. The lowest BCUT2D eigenvalue weighted by molar-refractivity contribution is -0.145. The Hall–Kier alpha value is -3.75. The van der Waals surface area contributed by atoms with E-state index in [1.807, 2.05) is 30.3 Å². The third-order valence-electron chi connectivity index (χ3n) is 5.60. The standard InChI is InChI=1S/C29H29Cl2NO7/c1-4-37-29(35)23(32-28(34)27-21(30)7-5-8-22(27)31)17-19-11-13-20(14-12-19)26-24(36-3)9-6-10-25(26)39-16-15-38-18(2)33/h5-14,23H,4,15-17H2,1-3H3,(H,32,34)/t23-/m0/s1. The lowest BCUT2D eigenvalue weighted by Gasteiger charge is -2.19. The number of carbonyl (C=O) groups is 3. The van der Waals surface area contributed by atoms with E-state index in [9.17, 15) is 14.4 Å². The molecular weight excluding hydrogens is 545 g/mol. The van der Waals surface area contributed by atoms with Crippen LogP contribution in [-0.4, -0.2) is 50.8 Å². The van der Waals surface area contributed by atoms with E-state index in [1.54, 1.807) is 44.4 Å². The van der Waals surface area contributed by atoms with Crippen molar-refractivity contribution >= 4 is 41.0 Å². The van der Waals surface area contributed by atoms with Gasteiger partial charge in [0.15, 0.2) is 0 Å². The number of hydrogen-bond acceptors (Lipinski definition) is 7. The van der Waals surface area contributed by atoms with Crippen LogP contribution in [0, 0.1) is 0 Å². The maximum Gasteiger partial charge on any atom is 0.328 e. The molecule has 8 nitrogen and oxygen atoms in total. The molecule has 0 spiro atoms. The summed E-state index contributed by atoms with van der Waals surface area (Å²) in [5.74, 6) is -0.382.